The number of amides is 4. The molecule has 1 aromatic heterocycles. The first-order valence-electron chi connectivity index (χ1n) is 19.7. The number of rotatable bonds is 21. The van der Waals surface area contributed by atoms with Crippen molar-refractivity contribution in [3.63, 3.8) is 0 Å². The van der Waals surface area contributed by atoms with Crippen molar-refractivity contribution < 1.29 is 33.8 Å². The summed E-state index contributed by atoms with van der Waals surface area (Å²) in [6.45, 7) is 12.2. The number of esters is 1. The Balaban J connectivity index is 1.79. The fraction of sp³-hybridized carbons (Fsp3) is 0.700. The summed E-state index contributed by atoms with van der Waals surface area (Å²) >= 11 is 1.35. The van der Waals surface area contributed by atoms with Gasteiger partial charge in [0, 0.05) is 36.2 Å². The van der Waals surface area contributed by atoms with Crippen molar-refractivity contribution in [1.29, 1.82) is 0 Å². The molecule has 2 unspecified atom stereocenters. The molecule has 1 fully saturated rings. The van der Waals surface area contributed by atoms with Gasteiger partial charge in [0.05, 0.1) is 17.2 Å². The Kier molecular flexibility index (Phi) is 18.3. The summed E-state index contributed by atoms with van der Waals surface area (Å²) in [4.78, 5) is 74.3. The maximum atomic E-state index is 14.5. The lowest BCUT2D eigenvalue weighted by molar-refractivity contribution is -0.159. The lowest BCUT2D eigenvalue weighted by Crippen LogP contribution is -2.59. The van der Waals surface area contributed by atoms with Crippen LogP contribution in [0.5, 0.6) is 0 Å². The van der Waals surface area contributed by atoms with Crippen molar-refractivity contribution in [3.8, 4) is 0 Å². The first-order valence-corrected chi connectivity index (χ1v) is 20.6. The molecular weight excluding hydrogens is 709 g/mol. The van der Waals surface area contributed by atoms with Crippen LogP contribution in [0.25, 0.3) is 0 Å². The number of nitrogens with zero attached hydrogens (tertiary/aromatic N) is 3. The molecule has 7 atom stereocenters. The first-order chi connectivity index (χ1) is 25.6. The van der Waals surface area contributed by atoms with Crippen LogP contribution in [-0.4, -0.2) is 100 Å². The molecular formula is C40H64N6O7S. The molecule has 1 aromatic rings. The van der Waals surface area contributed by atoms with Crippen molar-refractivity contribution >= 4 is 40.9 Å². The smallest absolute Gasteiger partial charge is 0.307 e. The van der Waals surface area contributed by atoms with Gasteiger partial charge in [0.15, 0.2) is 6.73 Å². The molecule has 5 N–H and O–H groups in total. The predicted octanol–water partition coefficient (Wildman–Crippen LogP) is 4.49. The lowest BCUT2D eigenvalue weighted by Gasteiger charge is -2.39. The number of hydrogen-bond donors (Lipinski definition) is 4. The maximum Gasteiger partial charge on any atom is 0.307 e. The van der Waals surface area contributed by atoms with E-state index in [1.54, 1.807) is 23.3 Å². The average molecular weight is 773 g/mol. The number of aliphatic hydroxyl groups is 1. The third kappa shape index (κ3) is 13.6. The number of thiazole rings is 1. The SMILES string of the molecule is CCCC(=O)OCN(C(=O)[C@@H](NC(=O)[C@H]1CCCCN1C)C(C)CC)[C@H](CCc1nc(C(=O)N[C@@H](CC2=CCC(O)C=C2)C[C@H](C)C(N)=O)cs1)C(C)C. The molecule has 0 radical (unpaired) electrons. The van der Waals surface area contributed by atoms with Crippen LogP contribution in [0.4, 0.5) is 0 Å². The van der Waals surface area contributed by atoms with Crippen LogP contribution in [-0.2, 0) is 30.3 Å². The Morgan fingerprint density at radius 3 is 2.48 bits per heavy atom. The number of primary amides is 1. The average Bonchev–Trinajstić information content (AvgIpc) is 3.61. The number of nitrogens with two attached hydrogens (primary N) is 1. The fourth-order valence-corrected chi connectivity index (χ4v) is 7.79. The Hall–Kier alpha value is -3.62. The van der Waals surface area contributed by atoms with Crippen LogP contribution in [0.1, 0.15) is 121 Å². The molecule has 54 heavy (non-hydrogen) atoms. The molecule has 0 saturated carbocycles. The Morgan fingerprint density at radius 1 is 1.13 bits per heavy atom. The van der Waals surface area contributed by atoms with Crippen LogP contribution in [0, 0.1) is 17.8 Å². The maximum absolute atomic E-state index is 14.5. The van der Waals surface area contributed by atoms with Crippen LogP contribution < -0.4 is 16.4 Å². The number of aromatic nitrogens is 1. The molecule has 2 heterocycles. The number of ether oxygens (including phenoxy) is 1. The molecule has 14 heteroatoms. The minimum absolute atomic E-state index is 0.0309. The van der Waals surface area contributed by atoms with Crippen LogP contribution in [0.3, 0.4) is 0 Å². The molecule has 3 rings (SSSR count). The molecule has 13 nitrogen and oxygen atoms in total. The minimum atomic E-state index is -0.797. The highest BCUT2D eigenvalue weighted by atomic mass is 32.1. The van der Waals surface area contributed by atoms with Crippen LogP contribution in [0.2, 0.25) is 0 Å². The second kappa shape index (κ2) is 22.1. The van der Waals surface area contributed by atoms with E-state index < -0.39 is 29.9 Å². The van der Waals surface area contributed by atoms with E-state index in [9.17, 15) is 29.1 Å². The number of aryl methyl sites for hydroxylation is 1. The van der Waals surface area contributed by atoms with Crippen molar-refractivity contribution in [2.45, 2.75) is 142 Å². The summed E-state index contributed by atoms with van der Waals surface area (Å²) in [5.41, 5.74) is 6.76. The molecule has 1 aliphatic carbocycles. The molecule has 0 bridgehead atoms. The number of hydrogen-bond acceptors (Lipinski definition) is 10. The monoisotopic (exact) mass is 772 g/mol. The number of piperidine rings is 1. The zero-order valence-electron chi connectivity index (χ0n) is 33.3. The molecule has 1 saturated heterocycles. The third-order valence-electron chi connectivity index (χ3n) is 10.7. The highest BCUT2D eigenvalue weighted by Crippen LogP contribution is 2.25. The predicted molar refractivity (Wildman–Crippen MR) is 210 cm³/mol. The zero-order chi connectivity index (χ0) is 39.9. The standard InChI is InChI=1S/C40H64N6O7S/c1-8-12-35(48)53-24-46(40(52)36(26(5)9-2)44-39(51)33-13-10-11-20-45(33)7)32(25(3)4)18-19-34-43-31(23-54-34)38(50)42-29(21-27(6)37(41)49)22-28-14-16-30(47)17-15-28/h14-16,23,25-27,29-30,32-33,36,47H,8-13,17-22,24H2,1-7H3,(H2,41,49)(H,42,50)(H,44,51)/t26?,27-,29+,30?,32+,33+,36-/m0/s1. The third-order valence-corrected chi connectivity index (χ3v) is 11.6. The van der Waals surface area contributed by atoms with Gasteiger partial charge in [0.25, 0.3) is 5.91 Å². The summed E-state index contributed by atoms with van der Waals surface area (Å²) in [6, 6.07) is -1.84. The largest absolute Gasteiger partial charge is 0.444 e. The van der Waals surface area contributed by atoms with Crippen LogP contribution in [0.15, 0.2) is 29.2 Å². The number of likely N-dealkylation sites (N-methyl/N-ethyl adjacent to an activating group) is 1. The van der Waals surface area contributed by atoms with Gasteiger partial charge in [-0.05, 0) is 70.4 Å². The lowest BCUT2D eigenvalue weighted by atomic mass is 9.93. The van der Waals surface area contributed by atoms with E-state index in [2.05, 4.69) is 15.6 Å². The van der Waals surface area contributed by atoms with Gasteiger partial charge in [-0.1, -0.05) is 78.2 Å². The number of carbonyl (C=O) groups excluding carboxylic acids is 5. The van der Waals surface area contributed by atoms with E-state index in [-0.39, 0.29) is 66.5 Å². The first kappa shape index (κ1) is 44.8. The van der Waals surface area contributed by atoms with E-state index in [4.69, 9.17) is 10.5 Å². The van der Waals surface area contributed by atoms with Gasteiger partial charge >= 0.3 is 5.97 Å². The zero-order valence-corrected chi connectivity index (χ0v) is 34.2. The normalized spacial score (nSPS) is 20.3. The Labute approximate surface area is 325 Å². The van der Waals surface area contributed by atoms with Gasteiger partial charge in [0.2, 0.25) is 17.7 Å². The van der Waals surface area contributed by atoms with Crippen molar-refractivity contribution in [2.75, 3.05) is 20.3 Å². The van der Waals surface area contributed by atoms with E-state index in [0.29, 0.717) is 50.0 Å². The molecule has 0 aromatic carbocycles. The summed E-state index contributed by atoms with van der Waals surface area (Å²) < 4.78 is 5.65. The van der Waals surface area contributed by atoms with Crippen LogP contribution >= 0.6 is 11.3 Å². The number of carbonyl (C=O) groups is 5. The number of allylic oxidation sites excluding steroid dienone is 1. The summed E-state index contributed by atoms with van der Waals surface area (Å²) in [7, 11) is 1.94. The summed E-state index contributed by atoms with van der Waals surface area (Å²) in [6.07, 6.45) is 11.4. The van der Waals surface area contributed by atoms with E-state index in [1.807, 2.05) is 58.7 Å². The van der Waals surface area contributed by atoms with Gasteiger partial charge < -0.3 is 31.1 Å². The van der Waals surface area contributed by atoms with Crippen molar-refractivity contribution in [3.05, 3.63) is 39.9 Å². The fourth-order valence-electron chi connectivity index (χ4n) is 6.99. The van der Waals surface area contributed by atoms with Gasteiger partial charge in [-0.2, -0.15) is 0 Å². The second-order valence-electron chi connectivity index (χ2n) is 15.4. The van der Waals surface area contributed by atoms with Gasteiger partial charge in [0.1, 0.15) is 11.7 Å². The summed E-state index contributed by atoms with van der Waals surface area (Å²) in [5, 5.41) is 18.4. The minimum Gasteiger partial charge on any atom is -0.444 e. The molecule has 0 spiro atoms. The van der Waals surface area contributed by atoms with Crippen molar-refractivity contribution in [2.24, 2.45) is 23.5 Å². The van der Waals surface area contributed by atoms with Gasteiger partial charge in [-0.25, -0.2) is 4.98 Å². The highest BCUT2D eigenvalue weighted by molar-refractivity contribution is 7.09. The van der Waals surface area contributed by atoms with Gasteiger partial charge in [-0.3, -0.25) is 28.9 Å². The van der Waals surface area contributed by atoms with E-state index >= 15 is 0 Å². The molecule has 302 valence electrons. The highest BCUT2D eigenvalue weighted by Gasteiger charge is 2.37. The van der Waals surface area contributed by atoms with Gasteiger partial charge in [-0.15, -0.1) is 11.3 Å². The number of nitrogens with one attached hydrogen (secondary N) is 2. The summed E-state index contributed by atoms with van der Waals surface area (Å²) in [5.74, 6) is -2.30. The molecule has 4 amide bonds. The van der Waals surface area contributed by atoms with E-state index in [1.165, 1.54) is 11.3 Å². The quantitative estimate of drug-likeness (QED) is 0.103. The Morgan fingerprint density at radius 2 is 1.87 bits per heavy atom. The topological polar surface area (TPSA) is 184 Å². The van der Waals surface area contributed by atoms with E-state index in [0.717, 1.165) is 31.4 Å². The van der Waals surface area contributed by atoms with Crippen molar-refractivity contribution in [1.82, 2.24) is 25.4 Å². The molecule has 2 aliphatic rings. The number of likely N-dealkylation sites (tertiary alicyclic amines) is 1. The molecule has 1 aliphatic heterocycles. The number of aliphatic hydroxyl groups excluding tert-OH is 1. The Bertz CT molecular complexity index is 1480. The second-order valence-corrected chi connectivity index (χ2v) is 16.3.